The van der Waals surface area contributed by atoms with Crippen LogP contribution in [-0.4, -0.2) is 42.5 Å². The first-order valence-electron chi connectivity index (χ1n) is 12.8. The predicted molar refractivity (Wildman–Crippen MR) is 139 cm³/mol. The molecule has 40 heavy (non-hydrogen) atoms. The molecule has 0 radical (unpaired) electrons. The van der Waals surface area contributed by atoms with Gasteiger partial charge < -0.3 is 4.55 Å². The Morgan fingerprint density at radius 3 is 2.60 bits per heavy atom. The van der Waals surface area contributed by atoms with Crippen LogP contribution in [0.5, 0.6) is 0 Å². The number of nitrogens with zero attached hydrogens (tertiary/aromatic N) is 4. The van der Waals surface area contributed by atoms with Crippen molar-refractivity contribution in [3.8, 4) is 5.69 Å². The lowest BCUT2D eigenvalue weighted by atomic mass is 9.60. The fraction of sp³-hybridized carbons (Fsp3) is 0.276. The lowest BCUT2D eigenvalue weighted by Gasteiger charge is -2.48. The topological polar surface area (TPSA) is 74.1 Å². The molecule has 2 aromatic carbocycles. The maximum atomic E-state index is 14.2. The molecule has 206 valence electrons. The zero-order chi connectivity index (χ0) is 28.1. The summed E-state index contributed by atoms with van der Waals surface area (Å²) in [5, 5.41) is 4.54. The van der Waals surface area contributed by atoms with Crippen LogP contribution in [0.15, 0.2) is 84.0 Å². The minimum atomic E-state index is -4.56. The Hall–Kier alpha value is -3.54. The van der Waals surface area contributed by atoms with E-state index in [9.17, 15) is 26.9 Å². The number of hydrogen-bond acceptors (Lipinski definition) is 5. The molecule has 0 amide bonds. The van der Waals surface area contributed by atoms with Crippen LogP contribution >= 0.6 is 0 Å². The van der Waals surface area contributed by atoms with Crippen LogP contribution < -0.4 is 0 Å². The number of fused-ring (bicyclic) bond motifs is 2. The van der Waals surface area contributed by atoms with E-state index >= 15 is 0 Å². The highest BCUT2D eigenvalue weighted by molar-refractivity contribution is 7.89. The van der Waals surface area contributed by atoms with Gasteiger partial charge in [-0.25, -0.2) is 9.07 Å². The number of halogens is 4. The number of alkyl halides is 3. The number of rotatable bonds is 5. The van der Waals surface area contributed by atoms with E-state index in [0.29, 0.717) is 31.5 Å². The average molecular weight is 569 g/mol. The number of pyridine rings is 1. The van der Waals surface area contributed by atoms with E-state index in [1.165, 1.54) is 24.3 Å². The lowest BCUT2D eigenvalue weighted by molar-refractivity contribution is -0.137. The van der Waals surface area contributed by atoms with Crippen LogP contribution in [0.3, 0.4) is 0 Å². The SMILES string of the molecule is O=C(c1ccccn1)C12Cc3cnn(-c4ccc(F)cc4)c3CC1CCN([S+]([O-])c1cccc(C(F)(F)F)c1)C2. The number of Topliss-reactive ketones (excluding diaryl/α,β-unsaturated/α-hetero) is 1. The second kappa shape index (κ2) is 10.1. The van der Waals surface area contributed by atoms with Gasteiger partial charge >= 0.3 is 6.18 Å². The van der Waals surface area contributed by atoms with Crippen molar-refractivity contribution in [3.63, 3.8) is 0 Å². The minimum absolute atomic E-state index is 0.0364. The molecule has 4 aromatic rings. The molecule has 1 fully saturated rings. The summed E-state index contributed by atoms with van der Waals surface area (Å²) in [7, 11) is 0. The van der Waals surface area contributed by atoms with Gasteiger partial charge in [0.1, 0.15) is 11.5 Å². The summed E-state index contributed by atoms with van der Waals surface area (Å²) in [5.41, 5.74) is 0.879. The van der Waals surface area contributed by atoms with E-state index in [2.05, 4.69) is 10.1 Å². The van der Waals surface area contributed by atoms with Crippen molar-refractivity contribution in [2.75, 3.05) is 13.1 Å². The summed E-state index contributed by atoms with van der Waals surface area (Å²) in [6.45, 7) is 0.432. The van der Waals surface area contributed by atoms with Crippen LogP contribution in [-0.2, 0) is 30.4 Å². The molecule has 2 aliphatic rings. The monoisotopic (exact) mass is 568 g/mol. The highest BCUT2D eigenvalue weighted by Gasteiger charge is 2.55. The Morgan fingerprint density at radius 2 is 1.88 bits per heavy atom. The van der Waals surface area contributed by atoms with E-state index in [-0.39, 0.29) is 34.7 Å². The van der Waals surface area contributed by atoms with Gasteiger partial charge in [0.15, 0.2) is 10.7 Å². The zero-order valence-electron chi connectivity index (χ0n) is 21.1. The van der Waals surface area contributed by atoms with Gasteiger partial charge in [0, 0.05) is 24.5 Å². The first-order valence-corrected chi connectivity index (χ1v) is 13.9. The van der Waals surface area contributed by atoms with Gasteiger partial charge in [0.2, 0.25) is 0 Å². The summed E-state index contributed by atoms with van der Waals surface area (Å²) in [6, 6.07) is 15.6. The van der Waals surface area contributed by atoms with E-state index in [1.807, 2.05) is 0 Å². The van der Waals surface area contributed by atoms with E-state index in [4.69, 9.17) is 0 Å². The number of benzene rings is 2. The van der Waals surface area contributed by atoms with Crippen molar-refractivity contribution in [3.05, 3.63) is 107 Å². The first kappa shape index (κ1) is 26.7. The third-order valence-corrected chi connectivity index (χ3v) is 9.32. The summed E-state index contributed by atoms with van der Waals surface area (Å²) in [4.78, 5) is 18.5. The van der Waals surface area contributed by atoms with Crippen molar-refractivity contribution in [1.29, 1.82) is 0 Å². The Morgan fingerprint density at radius 1 is 1.07 bits per heavy atom. The molecule has 6 nitrogen and oxygen atoms in total. The summed E-state index contributed by atoms with van der Waals surface area (Å²) < 4.78 is 70.5. The highest BCUT2D eigenvalue weighted by Crippen LogP contribution is 2.48. The van der Waals surface area contributed by atoms with E-state index < -0.39 is 28.5 Å². The summed E-state index contributed by atoms with van der Waals surface area (Å²) in [5.74, 6) is -0.699. The van der Waals surface area contributed by atoms with Crippen LogP contribution in [0.4, 0.5) is 17.6 Å². The molecule has 1 aliphatic heterocycles. The number of hydrogen-bond donors (Lipinski definition) is 0. The van der Waals surface area contributed by atoms with E-state index in [0.717, 1.165) is 23.4 Å². The maximum absolute atomic E-state index is 14.2. The Kier molecular flexibility index (Phi) is 6.76. The molecule has 1 saturated heterocycles. The second-order valence-corrected chi connectivity index (χ2v) is 11.7. The third kappa shape index (κ3) is 4.71. The van der Waals surface area contributed by atoms with Crippen LogP contribution in [0.25, 0.3) is 5.69 Å². The summed E-state index contributed by atoms with van der Waals surface area (Å²) >= 11 is -1.91. The second-order valence-electron chi connectivity index (χ2n) is 10.2. The van der Waals surface area contributed by atoms with Crippen LogP contribution in [0.1, 0.15) is 33.7 Å². The largest absolute Gasteiger partial charge is 0.593 e. The van der Waals surface area contributed by atoms with Crippen LogP contribution in [0, 0.1) is 17.2 Å². The van der Waals surface area contributed by atoms with Crippen molar-refractivity contribution in [1.82, 2.24) is 19.1 Å². The number of aromatic nitrogens is 3. The van der Waals surface area contributed by atoms with Gasteiger partial charge in [-0.05, 0) is 79.3 Å². The minimum Gasteiger partial charge on any atom is -0.593 e. The molecule has 3 unspecified atom stereocenters. The smallest absolute Gasteiger partial charge is 0.416 e. The molecule has 3 atom stereocenters. The Bertz CT molecular complexity index is 1540. The predicted octanol–water partition coefficient (Wildman–Crippen LogP) is 5.44. The van der Waals surface area contributed by atoms with Crippen LogP contribution in [0.2, 0.25) is 0 Å². The first-order chi connectivity index (χ1) is 19.2. The Labute approximate surface area is 231 Å². The van der Waals surface area contributed by atoms with Gasteiger partial charge in [-0.15, -0.1) is 4.31 Å². The third-order valence-electron chi connectivity index (χ3n) is 7.89. The number of carbonyl (C=O) groups excluding carboxylic acids is 1. The average Bonchev–Trinajstić information content (AvgIpc) is 3.37. The molecular formula is C29H24F4N4O2S. The molecular weight excluding hydrogens is 544 g/mol. The standard InChI is InChI=1S/C29H24F4N4O2S/c30-22-7-9-23(10-8-22)37-26-15-20-11-13-36(40(39)24-5-3-4-21(14-24)29(31,32)33)18-28(20,16-19(26)17-35-37)27(38)25-6-1-2-12-34-25/h1-10,12,14,17,20H,11,13,15-16,18H2. The normalized spacial score (nSPS) is 21.9. The molecule has 11 heteroatoms. The van der Waals surface area contributed by atoms with Crippen molar-refractivity contribution < 1.29 is 26.9 Å². The molecule has 1 aliphatic carbocycles. The van der Waals surface area contributed by atoms with Crippen molar-refractivity contribution in [2.24, 2.45) is 11.3 Å². The molecule has 3 heterocycles. The lowest BCUT2D eigenvalue weighted by Crippen LogP contribution is -2.57. The zero-order valence-corrected chi connectivity index (χ0v) is 22.0. The van der Waals surface area contributed by atoms with Gasteiger partial charge in [-0.1, -0.05) is 12.1 Å². The van der Waals surface area contributed by atoms with Gasteiger partial charge in [0.05, 0.1) is 40.8 Å². The molecule has 2 aromatic heterocycles. The number of ketones is 1. The maximum Gasteiger partial charge on any atom is 0.416 e. The van der Waals surface area contributed by atoms with Gasteiger partial charge in [-0.2, -0.15) is 18.3 Å². The molecule has 0 N–H and O–H groups in total. The van der Waals surface area contributed by atoms with Gasteiger partial charge in [0.25, 0.3) is 0 Å². The molecule has 0 bridgehead atoms. The molecule has 0 spiro atoms. The fourth-order valence-electron chi connectivity index (χ4n) is 5.91. The molecule has 0 saturated carbocycles. The Balaban J connectivity index is 1.37. The fourth-order valence-corrected chi connectivity index (χ4v) is 7.25. The number of carbonyl (C=O) groups is 1. The highest BCUT2D eigenvalue weighted by atomic mass is 32.2. The van der Waals surface area contributed by atoms with Crippen molar-refractivity contribution >= 4 is 17.1 Å². The quantitative estimate of drug-likeness (QED) is 0.182. The number of piperidine rings is 1. The summed E-state index contributed by atoms with van der Waals surface area (Å²) in [6.07, 6.45) is -0.00744. The van der Waals surface area contributed by atoms with E-state index in [1.54, 1.807) is 51.7 Å². The molecule has 6 rings (SSSR count). The van der Waals surface area contributed by atoms with Crippen molar-refractivity contribution in [2.45, 2.75) is 30.3 Å². The van der Waals surface area contributed by atoms with Gasteiger partial charge in [-0.3, -0.25) is 9.78 Å².